The fraction of sp³-hybridized carbons (Fsp3) is 0.118. The number of anilines is 1. The van der Waals surface area contributed by atoms with Gasteiger partial charge in [0.1, 0.15) is 11.5 Å². The number of hydrogen-bond donors (Lipinski definition) is 1. The van der Waals surface area contributed by atoms with E-state index in [0.717, 1.165) is 11.3 Å². The van der Waals surface area contributed by atoms with Gasteiger partial charge in [0.15, 0.2) is 5.82 Å². The highest BCUT2D eigenvalue weighted by atomic mass is 15.0. The number of rotatable bonds is 5. The summed E-state index contributed by atoms with van der Waals surface area (Å²) < 4.78 is 0. The van der Waals surface area contributed by atoms with E-state index in [0.29, 0.717) is 30.3 Å². The molecule has 3 rings (SSSR count). The summed E-state index contributed by atoms with van der Waals surface area (Å²) in [5.41, 5.74) is 2.35. The van der Waals surface area contributed by atoms with Crippen molar-refractivity contribution in [1.82, 2.24) is 19.9 Å². The van der Waals surface area contributed by atoms with Crippen LogP contribution in [0.2, 0.25) is 0 Å². The fourth-order valence-corrected chi connectivity index (χ4v) is 2.06. The molecule has 0 radical (unpaired) electrons. The minimum absolute atomic E-state index is 0.408. The van der Waals surface area contributed by atoms with Crippen LogP contribution in [-0.2, 0) is 0 Å². The average Bonchev–Trinajstić information content (AvgIpc) is 2.63. The van der Waals surface area contributed by atoms with Crippen LogP contribution in [0.5, 0.6) is 0 Å². The van der Waals surface area contributed by atoms with E-state index in [1.807, 2.05) is 36.4 Å². The maximum Gasteiger partial charge on any atom is 0.180 e. The largest absolute Gasteiger partial charge is 0.369 e. The Morgan fingerprint density at radius 1 is 1.04 bits per heavy atom. The van der Waals surface area contributed by atoms with Gasteiger partial charge in [-0.1, -0.05) is 6.07 Å². The van der Waals surface area contributed by atoms with Crippen LogP contribution in [0.3, 0.4) is 0 Å². The molecule has 0 bridgehead atoms. The van der Waals surface area contributed by atoms with Gasteiger partial charge in [-0.25, -0.2) is 9.97 Å². The predicted molar refractivity (Wildman–Crippen MR) is 87.2 cm³/mol. The van der Waals surface area contributed by atoms with Gasteiger partial charge >= 0.3 is 0 Å². The third-order valence-corrected chi connectivity index (χ3v) is 3.12. The number of pyridine rings is 2. The lowest BCUT2D eigenvalue weighted by atomic mass is 10.2. The van der Waals surface area contributed by atoms with Crippen molar-refractivity contribution in [2.75, 3.05) is 11.9 Å². The van der Waals surface area contributed by atoms with Crippen LogP contribution in [0.1, 0.15) is 6.42 Å². The Morgan fingerprint density at radius 2 is 2.00 bits per heavy atom. The number of aromatic nitrogens is 4. The molecule has 6 heteroatoms. The molecule has 112 valence electrons. The van der Waals surface area contributed by atoms with E-state index in [1.165, 1.54) is 0 Å². The molecule has 0 aromatic carbocycles. The lowest BCUT2D eigenvalue weighted by Crippen LogP contribution is -2.05. The van der Waals surface area contributed by atoms with Crippen molar-refractivity contribution in [2.45, 2.75) is 6.42 Å². The van der Waals surface area contributed by atoms with E-state index in [2.05, 4.69) is 31.3 Å². The third-order valence-electron chi connectivity index (χ3n) is 3.12. The highest BCUT2D eigenvalue weighted by Crippen LogP contribution is 2.22. The average molecular weight is 302 g/mol. The Hall–Kier alpha value is -3.33. The SMILES string of the molecule is N#CCCNc1cc(-c2cccnc2)nc(-c2ccccn2)n1. The fourth-order valence-electron chi connectivity index (χ4n) is 2.06. The van der Waals surface area contributed by atoms with Crippen molar-refractivity contribution < 1.29 is 0 Å². The summed E-state index contributed by atoms with van der Waals surface area (Å²) in [7, 11) is 0. The van der Waals surface area contributed by atoms with E-state index in [1.54, 1.807) is 18.6 Å². The number of nitrogens with one attached hydrogen (secondary N) is 1. The molecule has 0 saturated heterocycles. The molecule has 0 saturated carbocycles. The smallest absolute Gasteiger partial charge is 0.180 e. The second-order valence-electron chi connectivity index (χ2n) is 4.75. The monoisotopic (exact) mass is 302 g/mol. The van der Waals surface area contributed by atoms with Gasteiger partial charge in [-0.2, -0.15) is 5.26 Å². The highest BCUT2D eigenvalue weighted by molar-refractivity contribution is 5.65. The zero-order valence-electron chi connectivity index (χ0n) is 12.3. The molecule has 0 fully saturated rings. The predicted octanol–water partition coefficient (Wildman–Crippen LogP) is 2.93. The second-order valence-corrected chi connectivity index (χ2v) is 4.75. The maximum atomic E-state index is 8.67. The van der Waals surface area contributed by atoms with E-state index in [9.17, 15) is 0 Å². The topological polar surface area (TPSA) is 87.4 Å². The summed E-state index contributed by atoms with van der Waals surface area (Å²) in [6.07, 6.45) is 5.59. The normalized spacial score (nSPS) is 10.0. The summed E-state index contributed by atoms with van der Waals surface area (Å²) in [5, 5.41) is 11.8. The first-order valence-electron chi connectivity index (χ1n) is 7.18. The number of nitriles is 1. The Bertz CT molecular complexity index is 754. The molecule has 0 aliphatic rings. The van der Waals surface area contributed by atoms with Crippen LogP contribution in [0.15, 0.2) is 55.0 Å². The zero-order chi connectivity index (χ0) is 15.9. The molecule has 3 aromatic rings. The van der Waals surface area contributed by atoms with Gasteiger partial charge in [-0.3, -0.25) is 9.97 Å². The van der Waals surface area contributed by atoms with Crippen molar-refractivity contribution in [3.8, 4) is 28.8 Å². The molecule has 0 atom stereocenters. The van der Waals surface area contributed by atoms with Gasteiger partial charge in [0, 0.05) is 36.8 Å². The summed E-state index contributed by atoms with van der Waals surface area (Å²) in [5.74, 6) is 1.20. The molecule has 3 heterocycles. The Labute approximate surface area is 133 Å². The second kappa shape index (κ2) is 7.09. The van der Waals surface area contributed by atoms with Gasteiger partial charge in [0.05, 0.1) is 18.2 Å². The Morgan fingerprint density at radius 3 is 2.74 bits per heavy atom. The van der Waals surface area contributed by atoms with E-state index in [-0.39, 0.29) is 0 Å². The lowest BCUT2D eigenvalue weighted by molar-refractivity contribution is 1.04. The molecule has 0 amide bonds. The lowest BCUT2D eigenvalue weighted by Gasteiger charge is -2.09. The van der Waals surface area contributed by atoms with E-state index in [4.69, 9.17) is 5.26 Å². The molecule has 0 aliphatic heterocycles. The van der Waals surface area contributed by atoms with Gasteiger partial charge in [-0.15, -0.1) is 0 Å². The first-order valence-corrected chi connectivity index (χ1v) is 7.18. The zero-order valence-corrected chi connectivity index (χ0v) is 12.3. The molecule has 23 heavy (non-hydrogen) atoms. The first kappa shape index (κ1) is 14.6. The minimum atomic E-state index is 0.408. The van der Waals surface area contributed by atoms with Crippen LogP contribution >= 0.6 is 0 Å². The summed E-state index contributed by atoms with van der Waals surface area (Å²) in [6.45, 7) is 0.529. The number of nitrogens with zero attached hydrogens (tertiary/aromatic N) is 5. The van der Waals surface area contributed by atoms with Gasteiger partial charge in [-0.05, 0) is 24.3 Å². The van der Waals surface area contributed by atoms with Crippen LogP contribution in [0, 0.1) is 11.3 Å². The number of hydrogen-bond acceptors (Lipinski definition) is 6. The van der Waals surface area contributed by atoms with Crippen molar-refractivity contribution in [3.05, 3.63) is 55.0 Å². The Balaban J connectivity index is 2.02. The molecular weight excluding hydrogens is 288 g/mol. The van der Waals surface area contributed by atoms with Gasteiger partial charge < -0.3 is 5.32 Å². The molecule has 0 unspecified atom stereocenters. The van der Waals surface area contributed by atoms with Crippen molar-refractivity contribution in [3.63, 3.8) is 0 Å². The third kappa shape index (κ3) is 3.66. The van der Waals surface area contributed by atoms with E-state index < -0.39 is 0 Å². The van der Waals surface area contributed by atoms with Gasteiger partial charge in [0.2, 0.25) is 0 Å². The standard InChI is InChI=1S/C17H14N6/c18-7-4-10-21-16-11-15(13-5-3-8-19-12-13)22-17(23-16)14-6-1-2-9-20-14/h1-3,5-6,8-9,11-12H,4,10H2,(H,21,22,23). The van der Waals surface area contributed by atoms with Gasteiger partial charge in [0.25, 0.3) is 0 Å². The molecular formula is C17H14N6. The van der Waals surface area contributed by atoms with Crippen molar-refractivity contribution in [2.24, 2.45) is 0 Å². The van der Waals surface area contributed by atoms with Crippen LogP contribution in [-0.4, -0.2) is 26.5 Å². The van der Waals surface area contributed by atoms with E-state index >= 15 is 0 Å². The Kier molecular flexibility index (Phi) is 4.50. The van der Waals surface area contributed by atoms with Crippen LogP contribution in [0.4, 0.5) is 5.82 Å². The minimum Gasteiger partial charge on any atom is -0.369 e. The molecule has 3 aromatic heterocycles. The molecule has 1 N–H and O–H groups in total. The first-order chi connectivity index (χ1) is 11.4. The highest BCUT2D eigenvalue weighted by Gasteiger charge is 2.09. The summed E-state index contributed by atoms with van der Waals surface area (Å²) >= 11 is 0. The quantitative estimate of drug-likeness (QED) is 0.729. The summed E-state index contributed by atoms with van der Waals surface area (Å²) in [6, 6.07) is 13.4. The maximum absolute atomic E-state index is 8.67. The summed E-state index contributed by atoms with van der Waals surface area (Å²) in [4.78, 5) is 17.5. The molecule has 0 aliphatic carbocycles. The van der Waals surface area contributed by atoms with Crippen molar-refractivity contribution in [1.29, 1.82) is 5.26 Å². The van der Waals surface area contributed by atoms with Crippen LogP contribution in [0.25, 0.3) is 22.8 Å². The van der Waals surface area contributed by atoms with Crippen LogP contribution < -0.4 is 5.32 Å². The molecule has 0 spiro atoms. The molecule has 6 nitrogen and oxygen atoms in total. The van der Waals surface area contributed by atoms with Crippen molar-refractivity contribution >= 4 is 5.82 Å².